The molecule has 0 bridgehead atoms. The molecule has 0 atom stereocenters. The van der Waals surface area contributed by atoms with E-state index in [0.717, 1.165) is 5.92 Å². The van der Waals surface area contributed by atoms with E-state index in [9.17, 15) is 0 Å². The summed E-state index contributed by atoms with van der Waals surface area (Å²) in [4.78, 5) is 0. The van der Waals surface area contributed by atoms with E-state index in [0.29, 0.717) is 0 Å². The molecule has 0 spiro atoms. The normalized spacial score (nSPS) is 19.9. The van der Waals surface area contributed by atoms with E-state index in [-0.39, 0.29) is 0 Å². The van der Waals surface area contributed by atoms with E-state index in [1.807, 2.05) is 0 Å². The van der Waals surface area contributed by atoms with Gasteiger partial charge in [-0.1, -0.05) is 30.9 Å². The first kappa shape index (κ1) is 8.83. The van der Waals surface area contributed by atoms with Crippen molar-refractivity contribution in [3.8, 4) is 0 Å². The zero-order valence-corrected chi connectivity index (χ0v) is 8.11. The fourth-order valence-electron chi connectivity index (χ4n) is 1.98. The minimum Gasteiger partial charge on any atom is -0.0741 e. The van der Waals surface area contributed by atoms with Gasteiger partial charge in [-0.2, -0.15) is 0 Å². The van der Waals surface area contributed by atoms with Crippen LogP contribution in [0.3, 0.4) is 0 Å². The van der Waals surface area contributed by atoms with Crippen molar-refractivity contribution in [2.45, 2.75) is 52.9 Å². The van der Waals surface area contributed by atoms with E-state index in [1.165, 1.54) is 32.1 Å². The average Bonchev–Trinajstić information content (AvgIpc) is 2.28. The van der Waals surface area contributed by atoms with Crippen LogP contribution in [0.15, 0.2) is 11.1 Å². The lowest BCUT2D eigenvalue weighted by Crippen LogP contribution is -1.93. The van der Waals surface area contributed by atoms with Crippen LogP contribution in [0.5, 0.6) is 0 Å². The fourth-order valence-corrected chi connectivity index (χ4v) is 1.98. The standard InChI is InChI=1S/C11H20/c1-4-5-6-11-7-9(2)10(3)8-11/h11H,4-8H2,1-3H3. The van der Waals surface area contributed by atoms with E-state index in [2.05, 4.69) is 20.8 Å². The fraction of sp³-hybridized carbons (Fsp3) is 0.818. The molecule has 11 heavy (non-hydrogen) atoms. The Morgan fingerprint density at radius 1 is 1.18 bits per heavy atom. The Kier molecular flexibility index (Phi) is 3.16. The molecule has 0 aromatic rings. The van der Waals surface area contributed by atoms with Crippen LogP contribution in [0, 0.1) is 5.92 Å². The number of hydrogen-bond acceptors (Lipinski definition) is 0. The van der Waals surface area contributed by atoms with Crippen molar-refractivity contribution in [3.05, 3.63) is 11.1 Å². The first-order chi connectivity index (χ1) is 5.24. The lowest BCUT2D eigenvalue weighted by atomic mass is 9.98. The molecule has 0 unspecified atom stereocenters. The molecule has 0 aromatic heterocycles. The highest BCUT2D eigenvalue weighted by molar-refractivity contribution is 5.16. The smallest absolute Gasteiger partial charge is 0.0289 e. The summed E-state index contributed by atoms with van der Waals surface area (Å²) in [6.45, 7) is 6.87. The van der Waals surface area contributed by atoms with Gasteiger partial charge in [0, 0.05) is 0 Å². The number of hydrogen-bond donors (Lipinski definition) is 0. The third-order valence-corrected chi connectivity index (χ3v) is 2.88. The second-order valence-corrected chi connectivity index (χ2v) is 3.98. The maximum atomic E-state index is 2.29. The maximum absolute atomic E-state index is 2.29. The van der Waals surface area contributed by atoms with Gasteiger partial charge < -0.3 is 0 Å². The van der Waals surface area contributed by atoms with Gasteiger partial charge in [-0.15, -0.1) is 0 Å². The van der Waals surface area contributed by atoms with Crippen LogP contribution in [0.25, 0.3) is 0 Å². The summed E-state index contributed by atoms with van der Waals surface area (Å²) in [6, 6.07) is 0. The molecular weight excluding hydrogens is 132 g/mol. The highest BCUT2D eigenvalue weighted by Gasteiger charge is 2.17. The van der Waals surface area contributed by atoms with Crippen LogP contribution in [0.4, 0.5) is 0 Å². The summed E-state index contributed by atoms with van der Waals surface area (Å²) >= 11 is 0. The molecule has 0 N–H and O–H groups in total. The Balaban J connectivity index is 2.24. The lowest BCUT2D eigenvalue weighted by Gasteiger charge is -2.07. The van der Waals surface area contributed by atoms with Crippen molar-refractivity contribution in [3.63, 3.8) is 0 Å². The Morgan fingerprint density at radius 2 is 1.73 bits per heavy atom. The van der Waals surface area contributed by atoms with Crippen LogP contribution in [0.1, 0.15) is 52.9 Å². The molecule has 0 heterocycles. The average molecular weight is 152 g/mol. The molecule has 0 nitrogen and oxygen atoms in total. The summed E-state index contributed by atoms with van der Waals surface area (Å²) < 4.78 is 0. The van der Waals surface area contributed by atoms with Gasteiger partial charge in [0.05, 0.1) is 0 Å². The van der Waals surface area contributed by atoms with Crippen molar-refractivity contribution in [2.24, 2.45) is 5.92 Å². The molecule has 0 fully saturated rings. The summed E-state index contributed by atoms with van der Waals surface area (Å²) in [7, 11) is 0. The van der Waals surface area contributed by atoms with E-state index >= 15 is 0 Å². The molecule has 0 heteroatoms. The first-order valence-corrected chi connectivity index (χ1v) is 4.89. The second kappa shape index (κ2) is 3.94. The van der Waals surface area contributed by atoms with Gasteiger partial charge in [-0.25, -0.2) is 0 Å². The molecule has 0 aromatic carbocycles. The van der Waals surface area contributed by atoms with Crippen molar-refractivity contribution < 1.29 is 0 Å². The molecule has 0 amide bonds. The summed E-state index contributed by atoms with van der Waals surface area (Å²) in [5.41, 5.74) is 3.32. The molecule has 0 saturated heterocycles. The van der Waals surface area contributed by atoms with Gasteiger partial charge >= 0.3 is 0 Å². The summed E-state index contributed by atoms with van der Waals surface area (Å²) in [6.07, 6.45) is 6.99. The third kappa shape index (κ3) is 2.36. The molecule has 0 radical (unpaired) electrons. The predicted molar refractivity (Wildman–Crippen MR) is 50.6 cm³/mol. The van der Waals surface area contributed by atoms with Gasteiger partial charge in [0.2, 0.25) is 0 Å². The molecular formula is C11H20. The van der Waals surface area contributed by atoms with E-state index in [1.54, 1.807) is 11.1 Å². The Hall–Kier alpha value is -0.260. The van der Waals surface area contributed by atoms with Gasteiger partial charge in [-0.05, 0) is 39.0 Å². The SMILES string of the molecule is CCCCC1CC(C)=C(C)C1. The number of unbranched alkanes of at least 4 members (excludes halogenated alkanes) is 1. The zero-order valence-electron chi connectivity index (χ0n) is 8.11. The van der Waals surface area contributed by atoms with Crippen molar-refractivity contribution in [2.75, 3.05) is 0 Å². The lowest BCUT2D eigenvalue weighted by molar-refractivity contribution is 0.486. The van der Waals surface area contributed by atoms with Gasteiger partial charge in [0.15, 0.2) is 0 Å². The van der Waals surface area contributed by atoms with Crippen molar-refractivity contribution in [1.29, 1.82) is 0 Å². The van der Waals surface area contributed by atoms with Crippen LogP contribution >= 0.6 is 0 Å². The highest BCUT2D eigenvalue weighted by Crippen LogP contribution is 2.33. The molecule has 0 aliphatic heterocycles. The van der Waals surface area contributed by atoms with Crippen LogP contribution in [0.2, 0.25) is 0 Å². The van der Waals surface area contributed by atoms with Gasteiger partial charge in [0.25, 0.3) is 0 Å². The zero-order chi connectivity index (χ0) is 8.27. The molecule has 64 valence electrons. The van der Waals surface area contributed by atoms with Gasteiger partial charge in [0.1, 0.15) is 0 Å². The van der Waals surface area contributed by atoms with E-state index < -0.39 is 0 Å². The van der Waals surface area contributed by atoms with Crippen LogP contribution in [-0.4, -0.2) is 0 Å². The predicted octanol–water partition coefficient (Wildman–Crippen LogP) is 3.92. The third-order valence-electron chi connectivity index (χ3n) is 2.88. The molecule has 1 rings (SSSR count). The maximum Gasteiger partial charge on any atom is -0.0289 e. The minimum absolute atomic E-state index is 0.995. The number of rotatable bonds is 3. The topological polar surface area (TPSA) is 0 Å². The van der Waals surface area contributed by atoms with Crippen molar-refractivity contribution in [1.82, 2.24) is 0 Å². The van der Waals surface area contributed by atoms with Crippen molar-refractivity contribution >= 4 is 0 Å². The number of allylic oxidation sites excluding steroid dienone is 2. The van der Waals surface area contributed by atoms with E-state index in [4.69, 9.17) is 0 Å². The Bertz CT molecular complexity index is 139. The molecule has 1 aliphatic rings. The highest BCUT2D eigenvalue weighted by atomic mass is 14.2. The second-order valence-electron chi connectivity index (χ2n) is 3.98. The monoisotopic (exact) mass is 152 g/mol. The summed E-state index contributed by atoms with van der Waals surface area (Å²) in [5.74, 6) is 0.995. The molecule has 1 aliphatic carbocycles. The Labute approximate surface area is 70.7 Å². The Morgan fingerprint density at radius 3 is 2.18 bits per heavy atom. The van der Waals surface area contributed by atoms with Crippen LogP contribution in [-0.2, 0) is 0 Å². The van der Waals surface area contributed by atoms with Gasteiger partial charge in [-0.3, -0.25) is 0 Å². The quantitative estimate of drug-likeness (QED) is 0.538. The van der Waals surface area contributed by atoms with Crippen LogP contribution < -0.4 is 0 Å². The largest absolute Gasteiger partial charge is 0.0741 e. The molecule has 0 saturated carbocycles. The minimum atomic E-state index is 0.995. The first-order valence-electron chi connectivity index (χ1n) is 4.89. The summed E-state index contributed by atoms with van der Waals surface area (Å²) in [5, 5.41) is 0.